The Bertz CT molecular complexity index is 1830. The Kier molecular flexibility index (Phi) is 11.3. The number of carbonyl (C=O) groups is 1. The van der Waals surface area contributed by atoms with Crippen LogP contribution in [-0.2, 0) is 24.4 Å². The fourth-order valence-corrected chi connectivity index (χ4v) is 5.45. The average Bonchev–Trinajstić information content (AvgIpc) is 3.12. The Hall–Kier alpha value is -5.42. The smallest absolute Gasteiger partial charge is 0.337 e. The number of fused-ring (bicyclic) bond motifs is 1. The van der Waals surface area contributed by atoms with E-state index in [1.54, 1.807) is 49.2 Å². The van der Waals surface area contributed by atoms with Crippen LogP contribution in [0.4, 0.5) is 11.8 Å². The Morgan fingerprint density at radius 1 is 0.854 bits per heavy atom. The number of aromatic nitrogens is 3. The molecule has 3 aromatic carbocycles. The summed E-state index contributed by atoms with van der Waals surface area (Å²) in [6.07, 6.45) is 3.24. The van der Waals surface area contributed by atoms with Gasteiger partial charge in [0.2, 0.25) is 5.95 Å². The zero-order valence-electron chi connectivity index (χ0n) is 27.7. The molecular weight excluding hydrogens is 610 g/mol. The lowest BCUT2D eigenvalue weighted by molar-refractivity contribution is 0.0600. The molecule has 0 bridgehead atoms. The number of carbonyl (C=O) groups excluding carboxylic acids is 1. The number of ether oxygens (including phenoxy) is 3. The molecule has 0 saturated heterocycles. The molecule has 5 aromatic rings. The Labute approximate surface area is 279 Å². The number of benzene rings is 3. The van der Waals surface area contributed by atoms with E-state index in [0.29, 0.717) is 47.7 Å². The van der Waals surface area contributed by atoms with Gasteiger partial charge >= 0.3 is 5.97 Å². The summed E-state index contributed by atoms with van der Waals surface area (Å²) < 4.78 is 17.1. The molecule has 0 spiro atoms. The van der Waals surface area contributed by atoms with Crippen molar-refractivity contribution in [2.75, 3.05) is 38.2 Å². The van der Waals surface area contributed by atoms with Crippen molar-refractivity contribution >= 4 is 28.6 Å². The maximum atomic E-state index is 14.1. The summed E-state index contributed by atoms with van der Waals surface area (Å²) in [6, 6.07) is 24.1. The Balaban J connectivity index is 1.58. The molecule has 11 nitrogen and oxygen atoms in total. The van der Waals surface area contributed by atoms with Crippen molar-refractivity contribution in [1.82, 2.24) is 14.5 Å². The summed E-state index contributed by atoms with van der Waals surface area (Å²) in [5.74, 6) is 1.88. The van der Waals surface area contributed by atoms with E-state index in [1.807, 2.05) is 61.5 Å². The van der Waals surface area contributed by atoms with Gasteiger partial charge in [-0.25, -0.2) is 9.78 Å². The molecule has 48 heavy (non-hydrogen) atoms. The SMILES string of the molecule is CCC[C@@H](CO)Nc1nc(N(Cc2ccc(OC)cc2)Cc2ccc(OC)cc2)nc2ccn(Cc3ccc(C(=O)OC)cc3)c(=O)c12. The zero-order chi connectivity index (χ0) is 34.0. The topological polar surface area (TPSA) is 128 Å². The molecule has 250 valence electrons. The van der Waals surface area contributed by atoms with Gasteiger partial charge in [-0.3, -0.25) is 4.79 Å². The number of anilines is 2. The number of hydrogen-bond acceptors (Lipinski definition) is 10. The third-order valence-corrected chi connectivity index (χ3v) is 8.09. The van der Waals surface area contributed by atoms with E-state index in [4.69, 9.17) is 24.2 Å². The Morgan fingerprint density at radius 3 is 1.96 bits per heavy atom. The van der Waals surface area contributed by atoms with Crippen LogP contribution in [-0.4, -0.2) is 59.6 Å². The van der Waals surface area contributed by atoms with Gasteiger partial charge in [0.15, 0.2) is 0 Å². The van der Waals surface area contributed by atoms with Crippen molar-refractivity contribution in [3.05, 3.63) is 118 Å². The van der Waals surface area contributed by atoms with Gasteiger partial charge in [0.25, 0.3) is 5.56 Å². The summed E-state index contributed by atoms with van der Waals surface area (Å²) in [5.41, 5.74) is 3.52. The molecule has 0 aliphatic rings. The van der Waals surface area contributed by atoms with E-state index in [9.17, 15) is 14.7 Å². The monoisotopic (exact) mass is 651 g/mol. The van der Waals surface area contributed by atoms with Crippen LogP contribution in [0.1, 0.15) is 46.8 Å². The number of rotatable bonds is 15. The molecule has 0 fully saturated rings. The molecule has 0 radical (unpaired) electrons. The first kappa shape index (κ1) is 33.9. The number of hydrogen-bond donors (Lipinski definition) is 2. The first-order chi connectivity index (χ1) is 23.3. The van der Waals surface area contributed by atoms with Crippen molar-refractivity contribution in [2.24, 2.45) is 0 Å². The van der Waals surface area contributed by atoms with Crippen molar-refractivity contribution in [2.45, 2.75) is 45.4 Å². The molecule has 11 heteroatoms. The largest absolute Gasteiger partial charge is 0.497 e. The standard InChI is InChI=1S/C37H41N5O6/c1-5-6-29(24-43)38-34-33-32(19-20-41(35(33)44)21-25-7-13-28(14-8-25)36(45)48-4)39-37(40-34)42(22-26-9-15-30(46-2)16-10-26)23-27-11-17-31(47-3)18-12-27/h7-20,29,43H,5-6,21-24H2,1-4H3,(H,38,39,40)/t29-/m0/s1. The fourth-order valence-electron chi connectivity index (χ4n) is 5.45. The van der Waals surface area contributed by atoms with Gasteiger partial charge in [0, 0.05) is 19.3 Å². The molecule has 0 aliphatic heterocycles. The second-order valence-corrected chi connectivity index (χ2v) is 11.4. The quantitative estimate of drug-likeness (QED) is 0.142. The number of aliphatic hydroxyl groups is 1. The van der Waals surface area contributed by atoms with Crippen molar-refractivity contribution in [3.63, 3.8) is 0 Å². The molecule has 0 amide bonds. The van der Waals surface area contributed by atoms with Crippen LogP contribution in [0.15, 0.2) is 89.9 Å². The average molecular weight is 652 g/mol. The molecule has 0 aliphatic carbocycles. The highest BCUT2D eigenvalue weighted by molar-refractivity contribution is 5.90. The number of nitrogens with one attached hydrogen (secondary N) is 1. The minimum absolute atomic E-state index is 0.121. The molecular formula is C37H41N5O6. The minimum atomic E-state index is -0.424. The molecule has 2 N–H and O–H groups in total. The van der Waals surface area contributed by atoms with E-state index >= 15 is 0 Å². The summed E-state index contributed by atoms with van der Waals surface area (Å²) in [4.78, 5) is 37.9. The van der Waals surface area contributed by atoms with Crippen LogP contribution in [0, 0.1) is 0 Å². The second-order valence-electron chi connectivity index (χ2n) is 11.4. The van der Waals surface area contributed by atoms with Gasteiger partial charge in [0.05, 0.1) is 51.6 Å². The van der Waals surface area contributed by atoms with Crippen LogP contribution in [0.25, 0.3) is 10.9 Å². The van der Waals surface area contributed by atoms with E-state index in [0.717, 1.165) is 34.6 Å². The molecule has 0 unspecified atom stereocenters. The lowest BCUT2D eigenvalue weighted by Gasteiger charge is -2.25. The highest BCUT2D eigenvalue weighted by Crippen LogP contribution is 2.26. The maximum absolute atomic E-state index is 14.1. The van der Waals surface area contributed by atoms with Gasteiger partial charge in [-0.05, 0) is 65.6 Å². The number of esters is 1. The first-order valence-electron chi connectivity index (χ1n) is 15.8. The lowest BCUT2D eigenvalue weighted by atomic mass is 10.1. The second kappa shape index (κ2) is 15.9. The van der Waals surface area contributed by atoms with E-state index < -0.39 is 5.97 Å². The van der Waals surface area contributed by atoms with Gasteiger partial charge in [0.1, 0.15) is 22.7 Å². The van der Waals surface area contributed by atoms with Crippen LogP contribution in [0.3, 0.4) is 0 Å². The number of aliphatic hydroxyl groups excluding tert-OH is 1. The summed E-state index contributed by atoms with van der Waals surface area (Å²) in [5, 5.41) is 13.9. The van der Waals surface area contributed by atoms with Crippen LogP contribution >= 0.6 is 0 Å². The van der Waals surface area contributed by atoms with Crippen LogP contribution in [0.2, 0.25) is 0 Å². The normalized spacial score (nSPS) is 11.6. The van der Waals surface area contributed by atoms with Gasteiger partial charge in [-0.1, -0.05) is 49.7 Å². The third-order valence-electron chi connectivity index (χ3n) is 8.09. The summed E-state index contributed by atoms with van der Waals surface area (Å²) in [6.45, 7) is 3.16. The molecule has 5 rings (SSSR count). The number of methoxy groups -OCH3 is 3. The number of nitrogens with zero attached hydrogens (tertiary/aromatic N) is 4. The molecule has 2 aromatic heterocycles. The van der Waals surface area contributed by atoms with Crippen molar-refractivity contribution in [3.8, 4) is 11.5 Å². The predicted octanol–water partition coefficient (Wildman–Crippen LogP) is 5.42. The highest BCUT2D eigenvalue weighted by Gasteiger charge is 2.20. The minimum Gasteiger partial charge on any atom is -0.497 e. The predicted molar refractivity (Wildman–Crippen MR) is 186 cm³/mol. The summed E-state index contributed by atoms with van der Waals surface area (Å²) >= 11 is 0. The fraction of sp³-hybridized carbons (Fsp3) is 0.297. The molecule has 0 saturated carbocycles. The zero-order valence-corrected chi connectivity index (χ0v) is 27.7. The highest BCUT2D eigenvalue weighted by atomic mass is 16.5. The van der Waals surface area contributed by atoms with Gasteiger partial charge in [-0.15, -0.1) is 0 Å². The summed E-state index contributed by atoms with van der Waals surface area (Å²) in [7, 11) is 4.61. The van der Waals surface area contributed by atoms with Crippen LogP contribution < -0.4 is 25.2 Å². The maximum Gasteiger partial charge on any atom is 0.337 e. The van der Waals surface area contributed by atoms with Gasteiger partial charge < -0.3 is 34.1 Å². The van der Waals surface area contributed by atoms with Crippen molar-refractivity contribution < 1.29 is 24.1 Å². The molecule has 2 heterocycles. The first-order valence-corrected chi connectivity index (χ1v) is 15.8. The van der Waals surface area contributed by atoms with Gasteiger partial charge in [-0.2, -0.15) is 4.98 Å². The third kappa shape index (κ3) is 8.10. The Morgan fingerprint density at radius 2 is 1.44 bits per heavy atom. The van der Waals surface area contributed by atoms with Crippen LogP contribution in [0.5, 0.6) is 11.5 Å². The van der Waals surface area contributed by atoms with E-state index in [-0.39, 0.29) is 24.8 Å². The number of pyridine rings is 1. The lowest BCUT2D eigenvalue weighted by Crippen LogP contribution is -2.29. The van der Waals surface area contributed by atoms with E-state index in [2.05, 4.69) is 10.2 Å². The van der Waals surface area contributed by atoms with Crippen molar-refractivity contribution in [1.29, 1.82) is 0 Å². The van der Waals surface area contributed by atoms with E-state index in [1.165, 1.54) is 7.11 Å². The molecule has 1 atom stereocenters.